The molecule has 3 N–H and O–H groups in total. The predicted octanol–water partition coefficient (Wildman–Crippen LogP) is 1.87. The van der Waals surface area contributed by atoms with E-state index < -0.39 is 16.9 Å². The fourth-order valence-electron chi connectivity index (χ4n) is 2.61. The highest BCUT2D eigenvalue weighted by Gasteiger charge is 2.24. The second-order valence-corrected chi connectivity index (χ2v) is 5.97. The first-order chi connectivity index (χ1) is 13.0. The molecule has 0 spiro atoms. The SMILES string of the molecule is C[C@H](NCc1ccc(OCc2ccccc2[N+](=O)[O-])c2c1OCO2)C(N)=O. The lowest BCUT2D eigenvalue weighted by Crippen LogP contribution is -2.38. The van der Waals surface area contributed by atoms with Crippen molar-refractivity contribution in [3.8, 4) is 17.2 Å². The number of nitrogens with zero attached hydrogens (tertiary/aromatic N) is 1. The number of benzene rings is 2. The first kappa shape index (κ1) is 18.5. The van der Waals surface area contributed by atoms with Gasteiger partial charge in [0.1, 0.15) is 6.61 Å². The van der Waals surface area contributed by atoms with Crippen molar-refractivity contribution >= 4 is 11.6 Å². The normalized spacial score (nSPS) is 13.2. The lowest BCUT2D eigenvalue weighted by atomic mass is 10.1. The third kappa shape index (κ3) is 4.09. The van der Waals surface area contributed by atoms with Crippen LogP contribution < -0.4 is 25.3 Å². The maximum absolute atomic E-state index is 11.1. The highest BCUT2D eigenvalue weighted by molar-refractivity contribution is 5.79. The second-order valence-electron chi connectivity index (χ2n) is 5.97. The van der Waals surface area contributed by atoms with E-state index in [9.17, 15) is 14.9 Å². The lowest BCUT2D eigenvalue weighted by molar-refractivity contribution is -0.385. The van der Waals surface area contributed by atoms with Crippen LogP contribution in [0.5, 0.6) is 17.2 Å². The summed E-state index contributed by atoms with van der Waals surface area (Å²) in [7, 11) is 0. The molecule has 0 aromatic heterocycles. The standard InChI is InChI=1S/C18H19N3O6/c1-11(18(19)22)20-8-12-6-7-15(17-16(12)26-10-27-17)25-9-13-4-2-3-5-14(13)21(23)24/h2-7,11,20H,8-10H2,1H3,(H2,19,22)/t11-/m0/s1. The molecule has 1 aliphatic heterocycles. The van der Waals surface area contributed by atoms with Crippen molar-refractivity contribution in [3.05, 3.63) is 57.6 Å². The van der Waals surface area contributed by atoms with Crippen LogP contribution in [0.15, 0.2) is 36.4 Å². The minimum atomic E-state index is -0.488. The smallest absolute Gasteiger partial charge is 0.276 e. The Bertz CT molecular complexity index is 870. The number of nitrogens with one attached hydrogen (secondary N) is 1. The van der Waals surface area contributed by atoms with Crippen molar-refractivity contribution in [1.29, 1.82) is 0 Å². The van der Waals surface area contributed by atoms with Crippen LogP contribution in [-0.4, -0.2) is 23.7 Å². The van der Waals surface area contributed by atoms with Crippen LogP contribution in [0.2, 0.25) is 0 Å². The molecule has 0 aliphatic carbocycles. The van der Waals surface area contributed by atoms with Gasteiger partial charge in [-0.15, -0.1) is 0 Å². The summed E-state index contributed by atoms with van der Waals surface area (Å²) >= 11 is 0. The maximum Gasteiger partial charge on any atom is 0.276 e. The maximum atomic E-state index is 11.1. The van der Waals surface area contributed by atoms with Crippen molar-refractivity contribution in [2.45, 2.75) is 26.1 Å². The zero-order valence-corrected chi connectivity index (χ0v) is 14.6. The van der Waals surface area contributed by atoms with Gasteiger partial charge in [-0.25, -0.2) is 0 Å². The number of hydrogen-bond donors (Lipinski definition) is 2. The minimum Gasteiger partial charge on any atom is -0.485 e. The number of nitro groups is 1. The van der Waals surface area contributed by atoms with Crippen LogP contribution in [0.1, 0.15) is 18.1 Å². The predicted molar refractivity (Wildman–Crippen MR) is 95.5 cm³/mol. The monoisotopic (exact) mass is 373 g/mol. The second kappa shape index (κ2) is 7.92. The zero-order chi connectivity index (χ0) is 19.4. The van der Waals surface area contributed by atoms with Crippen molar-refractivity contribution in [3.63, 3.8) is 0 Å². The molecule has 0 fully saturated rings. The first-order valence-corrected chi connectivity index (χ1v) is 8.26. The summed E-state index contributed by atoms with van der Waals surface area (Å²) in [6, 6.07) is 9.38. The summed E-state index contributed by atoms with van der Waals surface area (Å²) in [6.07, 6.45) is 0. The van der Waals surface area contributed by atoms with E-state index in [2.05, 4.69) is 5.32 Å². The van der Waals surface area contributed by atoms with Crippen LogP contribution in [0.25, 0.3) is 0 Å². The van der Waals surface area contributed by atoms with Crippen molar-refractivity contribution in [2.24, 2.45) is 5.73 Å². The van der Waals surface area contributed by atoms with E-state index in [4.69, 9.17) is 19.9 Å². The minimum absolute atomic E-state index is 0.00688. The fourth-order valence-corrected chi connectivity index (χ4v) is 2.61. The number of fused-ring (bicyclic) bond motifs is 1. The molecule has 1 atom stereocenters. The molecule has 3 rings (SSSR count). The van der Waals surface area contributed by atoms with Crippen LogP contribution in [0.3, 0.4) is 0 Å². The molecular formula is C18H19N3O6. The average molecular weight is 373 g/mol. The summed E-state index contributed by atoms with van der Waals surface area (Å²) in [5.74, 6) is 0.916. The molecule has 9 nitrogen and oxygen atoms in total. The molecule has 2 aromatic carbocycles. The van der Waals surface area contributed by atoms with Crippen LogP contribution in [-0.2, 0) is 17.9 Å². The number of hydrogen-bond acceptors (Lipinski definition) is 7. The van der Waals surface area contributed by atoms with Crippen molar-refractivity contribution in [1.82, 2.24) is 5.32 Å². The number of amides is 1. The molecule has 1 amide bonds. The highest BCUT2D eigenvalue weighted by atomic mass is 16.7. The van der Waals surface area contributed by atoms with Gasteiger partial charge in [-0.2, -0.15) is 0 Å². The topological polar surface area (TPSA) is 126 Å². The Kier molecular flexibility index (Phi) is 5.41. The Morgan fingerprint density at radius 1 is 1.26 bits per heavy atom. The molecule has 142 valence electrons. The summed E-state index contributed by atoms with van der Waals surface area (Å²) in [5.41, 5.74) is 6.47. The van der Waals surface area contributed by atoms with Crippen molar-refractivity contribution < 1.29 is 23.9 Å². The van der Waals surface area contributed by atoms with Gasteiger partial charge in [-0.3, -0.25) is 14.9 Å². The quantitative estimate of drug-likeness (QED) is 0.534. The fraction of sp³-hybridized carbons (Fsp3) is 0.278. The molecule has 0 saturated heterocycles. The first-order valence-electron chi connectivity index (χ1n) is 8.26. The summed E-state index contributed by atoms with van der Waals surface area (Å²) in [5, 5.41) is 14.1. The summed E-state index contributed by atoms with van der Waals surface area (Å²) in [4.78, 5) is 21.8. The van der Waals surface area contributed by atoms with Gasteiger partial charge in [0.2, 0.25) is 18.4 Å². The molecule has 0 saturated carbocycles. The molecule has 9 heteroatoms. The van der Waals surface area contributed by atoms with E-state index in [0.717, 1.165) is 5.56 Å². The molecule has 1 heterocycles. The Hall–Kier alpha value is -3.33. The van der Waals surface area contributed by atoms with E-state index in [1.165, 1.54) is 6.07 Å². The molecule has 0 bridgehead atoms. The number of ether oxygens (including phenoxy) is 3. The van der Waals surface area contributed by atoms with E-state index in [1.54, 1.807) is 37.3 Å². The lowest BCUT2D eigenvalue weighted by Gasteiger charge is -2.14. The van der Waals surface area contributed by atoms with Crippen LogP contribution >= 0.6 is 0 Å². The number of nitrogens with two attached hydrogens (primary N) is 1. The van der Waals surface area contributed by atoms with Crippen LogP contribution in [0.4, 0.5) is 5.69 Å². The van der Waals surface area contributed by atoms with Gasteiger partial charge in [0, 0.05) is 18.2 Å². The van der Waals surface area contributed by atoms with Gasteiger partial charge in [0.15, 0.2) is 11.5 Å². The van der Waals surface area contributed by atoms with E-state index >= 15 is 0 Å². The van der Waals surface area contributed by atoms with Crippen LogP contribution in [0, 0.1) is 10.1 Å². The number of carbonyl (C=O) groups is 1. The Balaban J connectivity index is 1.75. The van der Waals surface area contributed by atoms with Gasteiger partial charge in [-0.1, -0.05) is 18.2 Å². The third-order valence-corrected chi connectivity index (χ3v) is 4.16. The molecule has 1 aliphatic rings. The van der Waals surface area contributed by atoms with Gasteiger partial charge < -0.3 is 25.3 Å². The zero-order valence-electron chi connectivity index (χ0n) is 14.6. The summed E-state index contributed by atoms with van der Waals surface area (Å²) < 4.78 is 16.7. The number of nitro benzene ring substituents is 1. The molecule has 2 aromatic rings. The van der Waals surface area contributed by atoms with Gasteiger partial charge in [0.25, 0.3) is 5.69 Å². The van der Waals surface area contributed by atoms with E-state index in [-0.39, 0.29) is 19.1 Å². The largest absolute Gasteiger partial charge is 0.485 e. The van der Waals surface area contributed by atoms with E-state index in [0.29, 0.717) is 29.4 Å². The highest BCUT2D eigenvalue weighted by Crippen LogP contribution is 2.44. The van der Waals surface area contributed by atoms with Gasteiger partial charge in [0.05, 0.1) is 16.5 Å². The van der Waals surface area contributed by atoms with Crippen molar-refractivity contribution in [2.75, 3.05) is 6.79 Å². The number of primary amides is 1. The molecule has 27 heavy (non-hydrogen) atoms. The Labute approximate surface area is 155 Å². The Morgan fingerprint density at radius 2 is 2.00 bits per heavy atom. The van der Waals surface area contributed by atoms with Gasteiger partial charge in [-0.05, 0) is 19.1 Å². The molecule has 0 unspecified atom stereocenters. The van der Waals surface area contributed by atoms with E-state index in [1.807, 2.05) is 0 Å². The average Bonchev–Trinajstić information content (AvgIpc) is 3.15. The molecule has 0 radical (unpaired) electrons. The van der Waals surface area contributed by atoms with Gasteiger partial charge >= 0.3 is 0 Å². The number of rotatable bonds is 8. The number of para-hydroxylation sites is 1. The third-order valence-electron chi connectivity index (χ3n) is 4.16. The Morgan fingerprint density at radius 3 is 2.74 bits per heavy atom. The molecular weight excluding hydrogens is 354 g/mol. The number of carbonyl (C=O) groups excluding carboxylic acids is 1. The summed E-state index contributed by atoms with van der Waals surface area (Å²) in [6.45, 7) is 2.09.